The molecule has 0 fully saturated rings. The highest BCUT2D eigenvalue weighted by Crippen LogP contribution is 2.07. The van der Waals surface area contributed by atoms with Gasteiger partial charge in [0.2, 0.25) is 0 Å². The fraction of sp³-hybridized carbons (Fsp3) is 0.286. The molecule has 2 aromatic heterocycles. The van der Waals surface area contributed by atoms with Crippen LogP contribution in [0.5, 0.6) is 5.75 Å². The van der Waals surface area contributed by atoms with Crippen molar-refractivity contribution < 1.29 is 4.74 Å². The molecule has 0 unspecified atom stereocenters. The molecule has 0 aliphatic carbocycles. The molecule has 2 heterocycles. The van der Waals surface area contributed by atoms with Gasteiger partial charge in [-0.3, -0.25) is 9.98 Å². The lowest BCUT2D eigenvalue weighted by Crippen LogP contribution is -2.38. The van der Waals surface area contributed by atoms with Crippen molar-refractivity contribution >= 4 is 17.3 Å². The highest BCUT2D eigenvalue weighted by atomic mass is 32.1. The summed E-state index contributed by atoms with van der Waals surface area (Å²) in [5.74, 6) is 1.55. The first-order chi connectivity index (χ1) is 9.88. The van der Waals surface area contributed by atoms with E-state index in [2.05, 4.69) is 32.1 Å². The highest BCUT2D eigenvalue weighted by Gasteiger charge is 1.99. The van der Waals surface area contributed by atoms with Crippen LogP contribution in [0.1, 0.15) is 4.88 Å². The predicted octanol–water partition coefficient (Wildman–Crippen LogP) is 1.89. The summed E-state index contributed by atoms with van der Waals surface area (Å²) < 4.78 is 5.55. The number of ether oxygens (including phenoxy) is 1. The van der Waals surface area contributed by atoms with Gasteiger partial charge in [0.1, 0.15) is 12.4 Å². The summed E-state index contributed by atoms with van der Waals surface area (Å²) in [6.07, 6.45) is 3.42. The minimum Gasteiger partial charge on any atom is -0.490 e. The van der Waals surface area contributed by atoms with Gasteiger partial charge < -0.3 is 15.4 Å². The van der Waals surface area contributed by atoms with Crippen molar-refractivity contribution in [2.45, 2.75) is 6.54 Å². The zero-order valence-corrected chi connectivity index (χ0v) is 12.2. The van der Waals surface area contributed by atoms with Gasteiger partial charge in [-0.25, -0.2) is 0 Å². The zero-order valence-electron chi connectivity index (χ0n) is 11.4. The maximum absolute atomic E-state index is 5.55. The first-order valence-electron chi connectivity index (χ1n) is 6.38. The Morgan fingerprint density at radius 3 is 3.00 bits per heavy atom. The van der Waals surface area contributed by atoms with Crippen LogP contribution in [0.2, 0.25) is 0 Å². The second kappa shape index (κ2) is 8.16. The lowest BCUT2D eigenvalue weighted by atomic mass is 10.4. The Bertz CT molecular complexity index is 513. The SMILES string of the molecule is CN=C(NCCOc1cccnc1)NCc1cccs1. The normalized spacial score (nSPS) is 11.2. The summed E-state index contributed by atoms with van der Waals surface area (Å²) in [6, 6.07) is 7.87. The van der Waals surface area contributed by atoms with Gasteiger partial charge in [0.05, 0.1) is 19.3 Å². The Kier molecular flexibility index (Phi) is 5.85. The third kappa shape index (κ3) is 4.89. The largest absolute Gasteiger partial charge is 0.490 e. The van der Waals surface area contributed by atoms with Gasteiger partial charge in [0.25, 0.3) is 0 Å². The first kappa shape index (κ1) is 14.3. The number of pyridine rings is 1. The number of aromatic nitrogens is 1. The van der Waals surface area contributed by atoms with Crippen molar-refractivity contribution in [1.82, 2.24) is 15.6 Å². The molecular weight excluding hydrogens is 272 g/mol. The predicted molar refractivity (Wildman–Crippen MR) is 82.3 cm³/mol. The van der Waals surface area contributed by atoms with E-state index in [1.54, 1.807) is 30.8 Å². The van der Waals surface area contributed by atoms with Crippen LogP contribution in [0.25, 0.3) is 0 Å². The molecule has 0 radical (unpaired) electrons. The lowest BCUT2D eigenvalue weighted by molar-refractivity contribution is 0.320. The van der Waals surface area contributed by atoms with Gasteiger partial charge >= 0.3 is 0 Å². The number of nitrogens with one attached hydrogen (secondary N) is 2. The van der Waals surface area contributed by atoms with E-state index in [4.69, 9.17) is 4.74 Å². The van der Waals surface area contributed by atoms with E-state index in [1.807, 2.05) is 18.2 Å². The summed E-state index contributed by atoms with van der Waals surface area (Å²) in [6.45, 7) is 2.02. The Morgan fingerprint density at radius 2 is 2.30 bits per heavy atom. The molecule has 20 heavy (non-hydrogen) atoms. The summed E-state index contributed by atoms with van der Waals surface area (Å²) in [4.78, 5) is 9.43. The Hall–Kier alpha value is -2.08. The van der Waals surface area contributed by atoms with Crippen LogP contribution in [0.4, 0.5) is 0 Å². The Labute approximate surface area is 122 Å². The van der Waals surface area contributed by atoms with Gasteiger partial charge in [0.15, 0.2) is 5.96 Å². The Balaban J connectivity index is 1.64. The number of rotatable bonds is 6. The van der Waals surface area contributed by atoms with Crippen LogP contribution in [0.3, 0.4) is 0 Å². The molecule has 0 aliphatic heterocycles. The molecule has 0 spiro atoms. The van der Waals surface area contributed by atoms with E-state index < -0.39 is 0 Å². The summed E-state index contributed by atoms with van der Waals surface area (Å²) >= 11 is 1.72. The molecule has 0 saturated heterocycles. The average molecular weight is 290 g/mol. The standard InChI is InChI=1S/C14H18N4OS/c1-15-14(18-11-13-5-3-9-20-13)17-7-8-19-12-4-2-6-16-10-12/h2-6,9-10H,7-8,11H2,1H3,(H2,15,17,18). The van der Waals surface area contributed by atoms with Crippen molar-refractivity contribution in [3.05, 3.63) is 46.9 Å². The quantitative estimate of drug-likeness (QED) is 0.484. The van der Waals surface area contributed by atoms with E-state index in [0.717, 1.165) is 18.3 Å². The van der Waals surface area contributed by atoms with E-state index in [0.29, 0.717) is 13.2 Å². The summed E-state index contributed by atoms with van der Waals surface area (Å²) in [5.41, 5.74) is 0. The Morgan fingerprint density at radius 1 is 1.35 bits per heavy atom. The van der Waals surface area contributed by atoms with Crippen molar-refractivity contribution in [2.75, 3.05) is 20.2 Å². The van der Waals surface area contributed by atoms with Crippen molar-refractivity contribution in [2.24, 2.45) is 4.99 Å². The van der Waals surface area contributed by atoms with Gasteiger partial charge in [0, 0.05) is 18.1 Å². The molecule has 2 N–H and O–H groups in total. The molecule has 0 bridgehead atoms. The average Bonchev–Trinajstić information content (AvgIpc) is 3.01. The van der Waals surface area contributed by atoms with Crippen molar-refractivity contribution in [3.63, 3.8) is 0 Å². The third-order valence-corrected chi connectivity index (χ3v) is 3.41. The molecule has 0 amide bonds. The van der Waals surface area contributed by atoms with Gasteiger partial charge in [-0.15, -0.1) is 11.3 Å². The third-order valence-electron chi connectivity index (χ3n) is 2.53. The number of nitrogens with zero attached hydrogens (tertiary/aromatic N) is 2. The van der Waals surface area contributed by atoms with E-state index >= 15 is 0 Å². The maximum Gasteiger partial charge on any atom is 0.191 e. The molecule has 2 aromatic rings. The number of aliphatic imine (C=N–C) groups is 1. The van der Waals surface area contributed by atoms with Crippen LogP contribution in [0.15, 0.2) is 47.0 Å². The number of hydrogen-bond donors (Lipinski definition) is 2. The highest BCUT2D eigenvalue weighted by molar-refractivity contribution is 7.09. The number of thiophene rings is 1. The van der Waals surface area contributed by atoms with E-state index in [9.17, 15) is 0 Å². The van der Waals surface area contributed by atoms with Crippen LogP contribution in [-0.2, 0) is 6.54 Å². The molecule has 5 nitrogen and oxygen atoms in total. The van der Waals surface area contributed by atoms with Crippen molar-refractivity contribution in [3.8, 4) is 5.75 Å². The van der Waals surface area contributed by atoms with Gasteiger partial charge in [-0.2, -0.15) is 0 Å². The topological polar surface area (TPSA) is 58.5 Å². The van der Waals surface area contributed by atoms with E-state index in [1.165, 1.54) is 4.88 Å². The molecular formula is C14H18N4OS. The number of guanidine groups is 1. The summed E-state index contributed by atoms with van der Waals surface area (Å²) in [7, 11) is 1.76. The number of hydrogen-bond acceptors (Lipinski definition) is 4. The summed E-state index contributed by atoms with van der Waals surface area (Å²) in [5, 5.41) is 8.52. The molecule has 6 heteroatoms. The molecule has 0 aromatic carbocycles. The monoisotopic (exact) mass is 290 g/mol. The van der Waals surface area contributed by atoms with Crippen LogP contribution >= 0.6 is 11.3 Å². The van der Waals surface area contributed by atoms with Gasteiger partial charge in [-0.1, -0.05) is 6.07 Å². The smallest absolute Gasteiger partial charge is 0.191 e. The molecule has 106 valence electrons. The zero-order chi connectivity index (χ0) is 14.0. The van der Waals surface area contributed by atoms with Crippen LogP contribution in [-0.4, -0.2) is 31.1 Å². The lowest BCUT2D eigenvalue weighted by Gasteiger charge is -2.11. The second-order valence-electron chi connectivity index (χ2n) is 3.97. The fourth-order valence-electron chi connectivity index (χ4n) is 1.58. The fourth-order valence-corrected chi connectivity index (χ4v) is 2.22. The van der Waals surface area contributed by atoms with Crippen LogP contribution in [0, 0.1) is 0 Å². The maximum atomic E-state index is 5.55. The van der Waals surface area contributed by atoms with Gasteiger partial charge in [-0.05, 0) is 23.6 Å². The molecule has 0 atom stereocenters. The minimum atomic E-state index is 0.561. The van der Waals surface area contributed by atoms with E-state index in [-0.39, 0.29) is 0 Å². The minimum absolute atomic E-state index is 0.561. The molecule has 0 aliphatic rings. The second-order valence-corrected chi connectivity index (χ2v) is 5.00. The van der Waals surface area contributed by atoms with Crippen molar-refractivity contribution in [1.29, 1.82) is 0 Å². The first-order valence-corrected chi connectivity index (χ1v) is 7.26. The van der Waals surface area contributed by atoms with Crippen LogP contribution < -0.4 is 15.4 Å². The molecule has 2 rings (SSSR count). The molecule has 0 saturated carbocycles.